The summed E-state index contributed by atoms with van der Waals surface area (Å²) in [4.78, 5) is 1.11. The van der Waals surface area contributed by atoms with Crippen LogP contribution in [0.3, 0.4) is 0 Å². The second-order valence-electron chi connectivity index (χ2n) is 4.54. The monoisotopic (exact) mass is 427 g/mol. The first-order valence-corrected chi connectivity index (χ1v) is 6.92. The van der Waals surface area contributed by atoms with Gasteiger partial charge in [-0.2, -0.15) is 23.8 Å². The van der Waals surface area contributed by atoms with E-state index in [0.29, 0.717) is 0 Å². The van der Waals surface area contributed by atoms with Gasteiger partial charge >= 0.3 is 0 Å². The number of rotatable bonds is 5. The Balaban J connectivity index is 0.00000288. The molecule has 2 rings (SSSR count). The number of alkyl halides is 2. The van der Waals surface area contributed by atoms with Crippen LogP contribution < -0.4 is 4.74 Å². The number of hydrogen-bond acceptors (Lipinski definition) is 2. The van der Waals surface area contributed by atoms with Crippen molar-refractivity contribution >= 4 is 17.3 Å². The number of hydrogen-bond donors (Lipinski definition) is 0. The molecule has 123 valence electrons. The van der Waals surface area contributed by atoms with Crippen LogP contribution in [0.25, 0.3) is 5.70 Å². The molecule has 1 aliphatic rings. The van der Waals surface area contributed by atoms with Gasteiger partial charge in [0.1, 0.15) is 6.61 Å². The van der Waals surface area contributed by atoms with E-state index in [1.165, 1.54) is 24.3 Å². The van der Waals surface area contributed by atoms with E-state index in [4.69, 9.17) is 22.8 Å². The molecular formula is C17H12ClF3NOY-. The van der Waals surface area contributed by atoms with Gasteiger partial charge in [-0.1, -0.05) is 24.3 Å². The number of halogens is 4. The van der Waals surface area contributed by atoms with E-state index < -0.39 is 18.8 Å². The summed E-state index contributed by atoms with van der Waals surface area (Å²) in [5.41, 5.74) is 0.168. The molecule has 0 saturated carbocycles. The number of terminal acetylenes is 1. The van der Waals surface area contributed by atoms with Gasteiger partial charge in [0.2, 0.25) is 0 Å². The van der Waals surface area contributed by atoms with Crippen molar-refractivity contribution in [3.63, 3.8) is 0 Å². The van der Waals surface area contributed by atoms with E-state index in [1.54, 1.807) is 0 Å². The third-order valence-electron chi connectivity index (χ3n) is 3.05. The molecule has 1 aromatic carbocycles. The Hall–Kier alpha value is -1.22. The molecule has 2 nitrogen and oxygen atoms in total. The molecule has 0 bridgehead atoms. The zero-order valence-electron chi connectivity index (χ0n) is 12.5. The minimum atomic E-state index is -2.67. The Bertz CT molecular complexity index is 725. The Kier molecular flexibility index (Phi) is 8.08. The van der Waals surface area contributed by atoms with Crippen LogP contribution in [-0.2, 0) is 32.7 Å². The van der Waals surface area contributed by atoms with Crippen molar-refractivity contribution in [2.45, 2.75) is 6.43 Å². The van der Waals surface area contributed by atoms with Crippen LogP contribution in [0.1, 0.15) is 5.56 Å². The summed E-state index contributed by atoms with van der Waals surface area (Å²) in [5.74, 6) is 1.74. The quantitative estimate of drug-likeness (QED) is 0.516. The van der Waals surface area contributed by atoms with Gasteiger partial charge in [-0.15, -0.1) is 6.42 Å². The minimum absolute atomic E-state index is 0. The fourth-order valence-corrected chi connectivity index (χ4v) is 2.23. The van der Waals surface area contributed by atoms with Gasteiger partial charge in [-0.3, -0.25) is 0 Å². The average Bonchev–Trinajstić information content (AvgIpc) is 2.50. The van der Waals surface area contributed by atoms with Crippen molar-refractivity contribution in [1.82, 2.24) is 4.90 Å². The molecule has 1 heterocycles. The predicted octanol–water partition coefficient (Wildman–Crippen LogP) is 4.20. The van der Waals surface area contributed by atoms with E-state index in [2.05, 4.69) is 18.6 Å². The zero-order chi connectivity index (χ0) is 17.0. The second kappa shape index (κ2) is 9.31. The van der Waals surface area contributed by atoms with E-state index in [9.17, 15) is 13.2 Å². The molecule has 0 spiro atoms. The summed E-state index contributed by atoms with van der Waals surface area (Å²) in [5, 5.41) is 0.150. The molecule has 0 N–H and O–H groups in total. The Morgan fingerprint density at radius 1 is 1.42 bits per heavy atom. The number of ether oxygens (including phenoxy) is 1. The summed E-state index contributed by atoms with van der Waals surface area (Å²) < 4.78 is 45.4. The van der Waals surface area contributed by atoms with Gasteiger partial charge in [0, 0.05) is 32.7 Å². The maximum absolute atomic E-state index is 14.3. The SMILES string of the molecule is C#CCOc1cccc(F)c1C1=[C-]C=C(Cl)C(=C)N1CC(F)F.[Y]. The molecule has 0 fully saturated rings. The standard InChI is InChI=1S/C17H12ClF3NO.Y/c1-3-9-23-15-6-4-5-13(19)17(15)14-8-7-12(18)11(2)22(14)10-16(20)21;/h1,4-7,16H,2,9-10H2;/q-1;. The summed E-state index contributed by atoms with van der Waals surface area (Å²) in [6.07, 6.45) is 6.52. The fourth-order valence-electron chi connectivity index (χ4n) is 2.08. The van der Waals surface area contributed by atoms with Crippen LogP contribution in [0.15, 0.2) is 41.6 Å². The third kappa shape index (κ3) is 4.66. The normalized spacial score (nSPS) is 13.8. The van der Waals surface area contributed by atoms with E-state index in [0.717, 1.165) is 4.90 Å². The zero-order valence-corrected chi connectivity index (χ0v) is 16.1. The van der Waals surface area contributed by atoms with Crippen LogP contribution >= 0.6 is 11.6 Å². The summed E-state index contributed by atoms with van der Waals surface area (Å²) in [7, 11) is 0. The summed E-state index contributed by atoms with van der Waals surface area (Å²) >= 11 is 5.91. The molecule has 0 amide bonds. The van der Waals surface area contributed by atoms with Crippen molar-refractivity contribution in [3.8, 4) is 18.1 Å². The van der Waals surface area contributed by atoms with Crippen molar-refractivity contribution in [2.75, 3.05) is 13.2 Å². The van der Waals surface area contributed by atoms with Crippen LogP contribution in [0.5, 0.6) is 5.75 Å². The van der Waals surface area contributed by atoms with Gasteiger partial charge in [-0.05, 0) is 28.4 Å². The van der Waals surface area contributed by atoms with Crippen LogP contribution in [0, 0.1) is 24.2 Å². The van der Waals surface area contributed by atoms with Gasteiger partial charge in [0.15, 0.2) is 0 Å². The fraction of sp³-hybridized carbons (Fsp3) is 0.176. The van der Waals surface area contributed by atoms with Gasteiger partial charge in [0.05, 0.1) is 18.1 Å². The van der Waals surface area contributed by atoms with Crippen LogP contribution in [0.4, 0.5) is 13.2 Å². The van der Waals surface area contributed by atoms with Crippen molar-refractivity contribution in [2.24, 2.45) is 0 Å². The minimum Gasteiger partial charge on any atom is -0.493 e. The smallest absolute Gasteiger partial charge is 0.256 e. The predicted molar refractivity (Wildman–Crippen MR) is 83.2 cm³/mol. The molecule has 1 aliphatic heterocycles. The first-order chi connectivity index (χ1) is 11.0. The van der Waals surface area contributed by atoms with Crippen molar-refractivity contribution < 1.29 is 50.6 Å². The van der Waals surface area contributed by atoms with Crippen LogP contribution in [-0.4, -0.2) is 24.5 Å². The third-order valence-corrected chi connectivity index (χ3v) is 3.38. The van der Waals surface area contributed by atoms with E-state index in [1.807, 2.05) is 0 Å². The van der Waals surface area contributed by atoms with Crippen molar-refractivity contribution in [3.05, 3.63) is 59.0 Å². The van der Waals surface area contributed by atoms with E-state index >= 15 is 0 Å². The van der Waals surface area contributed by atoms with Crippen molar-refractivity contribution in [1.29, 1.82) is 0 Å². The molecule has 0 atom stereocenters. The summed E-state index contributed by atoms with van der Waals surface area (Å²) in [6, 6.07) is 4.12. The Labute approximate surface area is 168 Å². The number of benzene rings is 1. The largest absolute Gasteiger partial charge is 0.493 e. The Morgan fingerprint density at radius 3 is 2.75 bits per heavy atom. The second-order valence-corrected chi connectivity index (χ2v) is 4.95. The maximum Gasteiger partial charge on any atom is 0.256 e. The van der Waals surface area contributed by atoms with E-state index in [-0.39, 0.29) is 67.1 Å². The first kappa shape index (κ1) is 20.8. The molecule has 0 unspecified atom stereocenters. The number of allylic oxidation sites excluding steroid dienone is 3. The van der Waals surface area contributed by atoms with Gasteiger partial charge in [0.25, 0.3) is 6.43 Å². The molecule has 1 aromatic rings. The maximum atomic E-state index is 14.3. The number of nitrogens with zero attached hydrogens (tertiary/aromatic N) is 1. The van der Waals surface area contributed by atoms with Gasteiger partial charge in [-0.25, -0.2) is 13.2 Å². The van der Waals surface area contributed by atoms with Gasteiger partial charge < -0.3 is 9.64 Å². The first-order valence-electron chi connectivity index (χ1n) is 6.55. The molecule has 24 heavy (non-hydrogen) atoms. The summed E-state index contributed by atoms with van der Waals surface area (Å²) in [6.45, 7) is 2.88. The molecule has 0 saturated heterocycles. The molecule has 0 aromatic heterocycles. The molecule has 7 heteroatoms. The van der Waals surface area contributed by atoms with Crippen LogP contribution in [0.2, 0.25) is 0 Å². The Morgan fingerprint density at radius 2 is 2.12 bits per heavy atom. The topological polar surface area (TPSA) is 12.5 Å². The molecule has 0 aliphatic carbocycles. The molecular weight excluding hydrogens is 416 g/mol. The molecule has 1 radical (unpaired) electrons. The average molecular weight is 428 g/mol.